The van der Waals surface area contributed by atoms with Crippen molar-refractivity contribution in [3.05, 3.63) is 21.7 Å². The third-order valence-corrected chi connectivity index (χ3v) is 2.51. The number of rotatable bonds is 4. The maximum absolute atomic E-state index is 11.2. The van der Waals surface area contributed by atoms with Gasteiger partial charge < -0.3 is 9.88 Å². The Kier molecular flexibility index (Phi) is 4.41. The first-order valence-corrected chi connectivity index (χ1v) is 5.74. The number of hydrogen-bond donors (Lipinski definition) is 1. The van der Waals surface area contributed by atoms with Crippen molar-refractivity contribution in [1.29, 1.82) is 0 Å². The molecular formula is C8H11BrClN3O. The summed E-state index contributed by atoms with van der Waals surface area (Å²) in [6, 6.07) is 0. The highest BCUT2D eigenvalue weighted by atomic mass is 79.9. The number of aromatic nitrogens is 2. The van der Waals surface area contributed by atoms with E-state index in [1.54, 1.807) is 0 Å². The van der Waals surface area contributed by atoms with E-state index in [2.05, 4.69) is 25.9 Å². The molecule has 0 unspecified atom stereocenters. The fraction of sp³-hybridized carbons (Fsp3) is 0.500. The number of nitrogens with one attached hydrogen (secondary N) is 1. The van der Waals surface area contributed by atoms with Crippen molar-refractivity contribution in [2.75, 3.05) is 23.3 Å². The molecule has 14 heavy (non-hydrogen) atoms. The Morgan fingerprint density at radius 2 is 2.43 bits per heavy atom. The summed E-state index contributed by atoms with van der Waals surface area (Å²) in [6.45, 7) is 3.52. The predicted molar refractivity (Wildman–Crippen MR) is 61.5 cm³/mol. The van der Waals surface area contributed by atoms with Gasteiger partial charge in [-0.1, -0.05) is 27.5 Å². The van der Waals surface area contributed by atoms with Crippen molar-refractivity contribution in [2.24, 2.45) is 0 Å². The Morgan fingerprint density at radius 3 is 3.00 bits per heavy atom. The van der Waals surface area contributed by atoms with Crippen molar-refractivity contribution in [2.45, 2.75) is 6.92 Å². The van der Waals surface area contributed by atoms with Crippen LogP contribution in [-0.4, -0.2) is 28.4 Å². The van der Waals surface area contributed by atoms with Crippen LogP contribution >= 0.6 is 27.5 Å². The maximum Gasteiger partial charge on any atom is 0.271 e. The fourth-order valence-corrected chi connectivity index (χ4v) is 1.76. The molecule has 0 amide bonds. The van der Waals surface area contributed by atoms with Crippen molar-refractivity contribution >= 4 is 33.3 Å². The maximum atomic E-state index is 11.2. The summed E-state index contributed by atoms with van der Waals surface area (Å²) in [6.07, 6.45) is 1.36. The molecule has 1 aromatic heterocycles. The summed E-state index contributed by atoms with van der Waals surface area (Å²) in [5.74, 6) is 0.539. The molecule has 0 radical (unpaired) electrons. The molecule has 0 fully saturated rings. The van der Waals surface area contributed by atoms with Crippen LogP contribution in [0.3, 0.4) is 0 Å². The summed E-state index contributed by atoms with van der Waals surface area (Å²) in [7, 11) is 0. The summed E-state index contributed by atoms with van der Waals surface area (Å²) < 4.78 is 0. The molecule has 1 heterocycles. The van der Waals surface area contributed by atoms with Gasteiger partial charge in [0.15, 0.2) is 5.82 Å². The van der Waals surface area contributed by atoms with Crippen LogP contribution in [0.4, 0.5) is 5.82 Å². The number of aromatic amines is 1. The topological polar surface area (TPSA) is 49.0 Å². The average Bonchev–Trinajstić information content (AvgIpc) is 2.19. The van der Waals surface area contributed by atoms with Crippen LogP contribution < -0.4 is 10.5 Å². The lowest BCUT2D eigenvalue weighted by Crippen LogP contribution is -2.28. The predicted octanol–water partition coefficient (Wildman–Crippen LogP) is 1.64. The third-order valence-electron chi connectivity index (χ3n) is 1.81. The monoisotopic (exact) mass is 279 g/mol. The van der Waals surface area contributed by atoms with Crippen molar-refractivity contribution in [1.82, 2.24) is 9.97 Å². The van der Waals surface area contributed by atoms with E-state index in [1.807, 2.05) is 11.8 Å². The number of alkyl halides is 1. The van der Waals surface area contributed by atoms with E-state index in [0.29, 0.717) is 5.82 Å². The van der Waals surface area contributed by atoms with E-state index in [-0.39, 0.29) is 10.6 Å². The smallest absolute Gasteiger partial charge is 0.271 e. The lowest BCUT2D eigenvalue weighted by molar-refractivity contribution is 0.846. The Bertz CT molecular complexity index is 355. The van der Waals surface area contributed by atoms with Gasteiger partial charge in [0.2, 0.25) is 0 Å². The molecular weight excluding hydrogens is 269 g/mol. The number of halogens is 2. The van der Waals surface area contributed by atoms with Gasteiger partial charge in [0.25, 0.3) is 5.56 Å². The summed E-state index contributed by atoms with van der Waals surface area (Å²) in [5, 5.41) is 0.960. The lowest BCUT2D eigenvalue weighted by atomic mass is 10.4. The van der Waals surface area contributed by atoms with Crippen LogP contribution in [-0.2, 0) is 0 Å². The second kappa shape index (κ2) is 5.36. The van der Waals surface area contributed by atoms with E-state index in [1.165, 1.54) is 6.33 Å². The van der Waals surface area contributed by atoms with Crippen LogP contribution in [0.25, 0.3) is 0 Å². The van der Waals surface area contributed by atoms with Gasteiger partial charge in [-0.05, 0) is 6.92 Å². The van der Waals surface area contributed by atoms with Gasteiger partial charge in [0.1, 0.15) is 5.02 Å². The Morgan fingerprint density at radius 1 is 1.71 bits per heavy atom. The van der Waals surface area contributed by atoms with Gasteiger partial charge >= 0.3 is 0 Å². The highest BCUT2D eigenvalue weighted by Gasteiger charge is 2.11. The minimum atomic E-state index is -0.301. The van der Waals surface area contributed by atoms with Crippen molar-refractivity contribution in [3.63, 3.8) is 0 Å². The zero-order valence-corrected chi connectivity index (χ0v) is 10.1. The minimum absolute atomic E-state index is 0.148. The summed E-state index contributed by atoms with van der Waals surface area (Å²) >= 11 is 9.17. The van der Waals surface area contributed by atoms with Gasteiger partial charge in [0, 0.05) is 18.4 Å². The van der Waals surface area contributed by atoms with Crippen LogP contribution in [0.5, 0.6) is 0 Å². The molecule has 0 saturated heterocycles. The molecule has 1 rings (SSSR count). The zero-order valence-electron chi connectivity index (χ0n) is 7.76. The molecule has 1 N–H and O–H groups in total. The minimum Gasteiger partial charge on any atom is -0.355 e. The standard InChI is InChI=1S/C8H11BrClN3O/c1-2-13(4-3-9)7-6(10)8(14)12-5-11-7/h5H,2-4H2,1H3,(H,11,12,14). The molecule has 0 aliphatic heterocycles. The lowest BCUT2D eigenvalue weighted by Gasteiger charge is -2.20. The first kappa shape index (κ1) is 11.5. The second-order valence-electron chi connectivity index (χ2n) is 2.64. The molecule has 0 aromatic carbocycles. The van der Waals surface area contributed by atoms with Crippen LogP contribution in [0.1, 0.15) is 6.92 Å². The Labute approximate surface area is 95.4 Å². The fourth-order valence-electron chi connectivity index (χ4n) is 1.11. The molecule has 0 spiro atoms. The molecule has 0 atom stereocenters. The molecule has 6 heteroatoms. The van der Waals surface area contributed by atoms with Crippen LogP contribution in [0.2, 0.25) is 5.02 Å². The summed E-state index contributed by atoms with van der Waals surface area (Å²) in [5.41, 5.74) is -0.301. The highest BCUT2D eigenvalue weighted by Crippen LogP contribution is 2.17. The largest absolute Gasteiger partial charge is 0.355 e. The van der Waals surface area contributed by atoms with Crippen molar-refractivity contribution < 1.29 is 0 Å². The molecule has 0 aliphatic rings. The van der Waals surface area contributed by atoms with Crippen LogP contribution in [0, 0.1) is 0 Å². The quantitative estimate of drug-likeness (QED) is 0.853. The number of nitrogens with zero attached hydrogens (tertiary/aromatic N) is 2. The molecule has 0 saturated carbocycles. The number of H-pyrrole nitrogens is 1. The number of hydrogen-bond acceptors (Lipinski definition) is 3. The number of anilines is 1. The SMILES string of the molecule is CCN(CCBr)c1nc[nH]c(=O)c1Cl. The molecule has 4 nitrogen and oxygen atoms in total. The van der Waals surface area contributed by atoms with E-state index in [4.69, 9.17) is 11.6 Å². The summed E-state index contributed by atoms with van der Waals surface area (Å²) in [4.78, 5) is 19.6. The molecule has 0 bridgehead atoms. The van der Waals surface area contributed by atoms with E-state index in [0.717, 1.165) is 18.4 Å². The molecule has 78 valence electrons. The van der Waals surface area contributed by atoms with Gasteiger partial charge in [-0.15, -0.1) is 0 Å². The second-order valence-corrected chi connectivity index (χ2v) is 3.81. The first-order chi connectivity index (χ1) is 6.70. The van der Waals surface area contributed by atoms with E-state index >= 15 is 0 Å². The van der Waals surface area contributed by atoms with Crippen molar-refractivity contribution in [3.8, 4) is 0 Å². The third kappa shape index (κ3) is 2.48. The van der Waals surface area contributed by atoms with E-state index in [9.17, 15) is 4.79 Å². The highest BCUT2D eigenvalue weighted by molar-refractivity contribution is 9.09. The van der Waals surface area contributed by atoms with Gasteiger partial charge in [-0.3, -0.25) is 4.79 Å². The molecule has 0 aliphatic carbocycles. The first-order valence-electron chi connectivity index (χ1n) is 4.24. The zero-order chi connectivity index (χ0) is 10.6. The van der Waals surface area contributed by atoms with Gasteiger partial charge in [0.05, 0.1) is 6.33 Å². The van der Waals surface area contributed by atoms with E-state index < -0.39 is 0 Å². The average molecular weight is 281 g/mol. The van der Waals surface area contributed by atoms with Crippen LogP contribution in [0.15, 0.2) is 11.1 Å². The van der Waals surface area contributed by atoms with Gasteiger partial charge in [-0.25, -0.2) is 4.98 Å². The molecule has 1 aromatic rings. The Balaban J connectivity index is 3.03. The van der Waals surface area contributed by atoms with Gasteiger partial charge in [-0.2, -0.15) is 0 Å². The normalized spacial score (nSPS) is 10.2. The Hall–Kier alpha value is -0.550.